The van der Waals surface area contributed by atoms with Crippen molar-refractivity contribution in [3.63, 3.8) is 0 Å². The van der Waals surface area contributed by atoms with Gasteiger partial charge in [0.2, 0.25) is 0 Å². The van der Waals surface area contributed by atoms with E-state index in [1.165, 1.54) is 31.9 Å². The highest BCUT2D eigenvalue weighted by Gasteiger charge is 2.21. The zero-order valence-corrected chi connectivity index (χ0v) is 14.0. The molecule has 2 heterocycles. The molecule has 0 radical (unpaired) electrons. The van der Waals surface area contributed by atoms with Crippen molar-refractivity contribution in [2.24, 2.45) is 0 Å². The number of hydrogen-bond donors (Lipinski definition) is 1. The average molecular weight is 331 g/mol. The van der Waals surface area contributed by atoms with Crippen molar-refractivity contribution in [3.05, 3.63) is 29.6 Å². The van der Waals surface area contributed by atoms with Crippen molar-refractivity contribution in [3.8, 4) is 0 Å². The maximum Gasteiger partial charge on any atom is 0.272 e. The number of hydrogen-bond acceptors (Lipinski definition) is 4. The van der Waals surface area contributed by atoms with E-state index in [1.54, 1.807) is 17.0 Å². The summed E-state index contributed by atoms with van der Waals surface area (Å²) in [6.07, 6.45) is 8.45. The molecule has 2 fully saturated rings. The molecule has 1 aromatic heterocycles. The minimum Gasteiger partial charge on any atom is -0.378 e. The van der Waals surface area contributed by atoms with E-state index in [-0.39, 0.29) is 17.9 Å². The highest BCUT2D eigenvalue weighted by atomic mass is 16.5. The van der Waals surface area contributed by atoms with Gasteiger partial charge in [0.05, 0.1) is 13.2 Å². The Morgan fingerprint density at radius 3 is 2.54 bits per heavy atom. The molecule has 2 aliphatic rings. The summed E-state index contributed by atoms with van der Waals surface area (Å²) in [5.41, 5.74) is 0.830. The number of carbonyl (C=O) groups excluding carboxylic acids is 2. The molecule has 0 aromatic carbocycles. The lowest BCUT2D eigenvalue weighted by Gasteiger charge is -2.26. The van der Waals surface area contributed by atoms with Crippen molar-refractivity contribution in [1.82, 2.24) is 15.2 Å². The highest BCUT2D eigenvalue weighted by molar-refractivity contribution is 5.98. The summed E-state index contributed by atoms with van der Waals surface area (Å²) >= 11 is 0. The molecule has 1 aromatic rings. The smallest absolute Gasteiger partial charge is 0.272 e. The van der Waals surface area contributed by atoms with E-state index in [9.17, 15) is 9.59 Å². The zero-order chi connectivity index (χ0) is 16.8. The molecule has 6 heteroatoms. The Kier molecular flexibility index (Phi) is 5.80. The molecule has 0 atom stereocenters. The van der Waals surface area contributed by atoms with Crippen molar-refractivity contribution in [2.45, 2.75) is 44.6 Å². The topological polar surface area (TPSA) is 71.5 Å². The van der Waals surface area contributed by atoms with Crippen molar-refractivity contribution in [1.29, 1.82) is 0 Å². The molecule has 24 heavy (non-hydrogen) atoms. The molecule has 1 aliphatic heterocycles. The first kappa shape index (κ1) is 16.9. The maximum atomic E-state index is 12.5. The Hall–Kier alpha value is -1.95. The van der Waals surface area contributed by atoms with Crippen LogP contribution in [0.1, 0.15) is 59.4 Å². The van der Waals surface area contributed by atoms with E-state index in [0.717, 1.165) is 12.8 Å². The molecule has 1 saturated carbocycles. The summed E-state index contributed by atoms with van der Waals surface area (Å²) in [6.45, 7) is 2.24. The molecule has 2 amide bonds. The van der Waals surface area contributed by atoms with Gasteiger partial charge in [0, 0.05) is 30.9 Å². The standard InChI is InChI=1S/C18H25N3O3/c22-17(20-15-5-3-1-2-4-6-15)14-7-8-19-16(13-14)18(23)21-9-11-24-12-10-21/h7-8,13,15H,1-6,9-12H2,(H,20,22). The van der Waals surface area contributed by atoms with E-state index < -0.39 is 0 Å². The molecule has 6 nitrogen and oxygen atoms in total. The van der Waals surface area contributed by atoms with Crippen LogP contribution in [0.3, 0.4) is 0 Å². The van der Waals surface area contributed by atoms with Crippen molar-refractivity contribution in [2.75, 3.05) is 26.3 Å². The van der Waals surface area contributed by atoms with Crippen LogP contribution in [0.5, 0.6) is 0 Å². The molecular formula is C18H25N3O3. The Bertz CT molecular complexity index is 577. The number of ether oxygens (including phenoxy) is 1. The van der Waals surface area contributed by atoms with Crippen LogP contribution in [0.2, 0.25) is 0 Å². The Morgan fingerprint density at radius 2 is 1.83 bits per heavy atom. The van der Waals surface area contributed by atoms with Crippen LogP contribution < -0.4 is 5.32 Å². The van der Waals surface area contributed by atoms with Gasteiger partial charge in [-0.1, -0.05) is 25.7 Å². The molecule has 3 rings (SSSR count). The number of nitrogens with one attached hydrogen (secondary N) is 1. The third-order valence-electron chi connectivity index (χ3n) is 4.73. The van der Waals surface area contributed by atoms with Crippen LogP contribution in [-0.2, 0) is 4.74 Å². The van der Waals surface area contributed by atoms with Crippen LogP contribution >= 0.6 is 0 Å². The Morgan fingerprint density at radius 1 is 1.12 bits per heavy atom. The van der Waals surface area contributed by atoms with Gasteiger partial charge in [-0.2, -0.15) is 0 Å². The summed E-state index contributed by atoms with van der Waals surface area (Å²) in [5, 5.41) is 3.11. The van der Waals surface area contributed by atoms with Gasteiger partial charge in [0.15, 0.2) is 0 Å². The van der Waals surface area contributed by atoms with Crippen LogP contribution in [-0.4, -0.2) is 54.0 Å². The number of amides is 2. The molecule has 1 aliphatic carbocycles. The fourth-order valence-electron chi connectivity index (χ4n) is 3.31. The van der Waals surface area contributed by atoms with E-state index in [1.807, 2.05) is 0 Å². The van der Waals surface area contributed by atoms with Crippen LogP contribution in [0.15, 0.2) is 18.3 Å². The van der Waals surface area contributed by atoms with Gasteiger partial charge in [-0.15, -0.1) is 0 Å². The van der Waals surface area contributed by atoms with Crippen LogP contribution in [0, 0.1) is 0 Å². The molecule has 1 saturated heterocycles. The summed E-state index contributed by atoms with van der Waals surface area (Å²) in [6, 6.07) is 3.51. The quantitative estimate of drug-likeness (QED) is 0.860. The van der Waals surface area contributed by atoms with Gasteiger partial charge in [0.25, 0.3) is 11.8 Å². The van der Waals surface area contributed by atoms with Crippen LogP contribution in [0.4, 0.5) is 0 Å². The van der Waals surface area contributed by atoms with Gasteiger partial charge < -0.3 is 15.0 Å². The molecular weight excluding hydrogens is 306 g/mol. The summed E-state index contributed by atoms with van der Waals surface area (Å²) in [5.74, 6) is -0.247. The number of rotatable bonds is 3. The minimum absolute atomic E-state index is 0.111. The van der Waals surface area contributed by atoms with E-state index in [4.69, 9.17) is 4.74 Å². The van der Waals surface area contributed by atoms with Gasteiger partial charge in [-0.3, -0.25) is 14.6 Å². The van der Waals surface area contributed by atoms with Gasteiger partial charge in [-0.25, -0.2) is 0 Å². The second-order valence-corrected chi connectivity index (χ2v) is 6.50. The number of nitrogens with zero attached hydrogens (tertiary/aromatic N) is 2. The Balaban J connectivity index is 1.65. The fourth-order valence-corrected chi connectivity index (χ4v) is 3.31. The number of morpholine rings is 1. The average Bonchev–Trinajstić information content (AvgIpc) is 2.90. The zero-order valence-electron chi connectivity index (χ0n) is 14.0. The Labute approximate surface area is 142 Å². The monoisotopic (exact) mass is 331 g/mol. The number of pyridine rings is 1. The molecule has 0 bridgehead atoms. The van der Waals surface area contributed by atoms with Crippen molar-refractivity contribution >= 4 is 11.8 Å². The van der Waals surface area contributed by atoms with Crippen LogP contribution in [0.25, 0.3) is 0 Å². The maximum absolute atomic E-state index is 12.5. The lowest BCUT2D eigenvalue weighted by Crippen LogP contribution is -2.41. The highest BCUT2D eigenvalue weighted by Crippen LogP contribution is 2.18. The molecule has 130 valence electrons. The SMILES string of the molecule is O=C(NC1CCCCCC1)c1ccnc(C(=O)N2CCOCC2)c1. The molecule has 1 N–H and O–H groups in total. The summed E-state index contributed by atoms with van der Waals surface area (Å²) in [4.78, 5) is 30.8. The van der Waals surface area contributed by atoms with E-state index in [0.29, 0.717) is 37.6 Å². The van der Waals surface area contributed by atoms with Gasteiger partial charge in [-0.05, 0) is 25.0 Å². The lowest BCUT2D eigenvalue weighted by atomic mass is 10.1. The fraction of sp³-hybridized carbons (Fsp3) is 0.611. The predicted molar refractivity (Wildman–Crippen MR) is 89.9 cm³/mol. The lowest BCUT2D eigenvalue weighted by molar-refractivity contribution is 0.0299. The number of aromatic nitrogens is 1. The first-order chi connectivity index (χ1) is 11.7. The molecule has 0 spiro atoms. The summed E-state index contributed by atoms with van der Waals surface area (Å²) in [7, 11) is 0. The molecule has 0 unspecified atom stereocenters. The minimum atomic E-state index is -0.137. The van der Waals surface area contributed by atoms with Crippen molar-refractivity contribution < 1.29 is 14.3 Å². The first-order valence-electron chi connectivity index (χ1n) is 8.88. The summed E-state index contributed by atoms with van der Waals surface area (Å²) < 4.78 is 5.26. The van der Waals surface area contributed by atoms with E-state index in [2.05, 4.69) is 10.3 Å². The predicted octanol–water partition coefficient (Wildman–Crippen LogP) is 2.01. The van der Waals surface area contributed by atoms with Gasteiger partial charge in [0.1, 0.15) is 5.69 Å². The van der Waals surface area contributed by atoms with E-state index >= 15 is 0 Å². The third kappa shape index (κ3) is 4.32. The number of carbonyl (C=O) groups is 2. The normalized spacial score (nSPS) is 19.6. The third-order valence-corrected chi connectivity index (χ3v) is 4.73. The first-order valence-corrected chi connectivity index (χ1v) is 8.88. The second kappa shape index (κ2) is 8.24. The largest absolute Gasteiger partial charge is 0.378 e. The second-order valence-electron chi connectivity index (χ2n) is 6.50. The van der Waals surface area contributed by atoms with Gasteiger partial charge >= 0.3 is 0 Å².